The normalized spacial score (nSPS) is 10.3. The minimum absolute atomic E-state index is 0.0376. The molecule has 1 aromatic carbocycles. The number of amides is 1. The summed E-state index contributed by atoms with van der Waals surface area (Å²) in [4.78, 5) is 12.1. The number of unbranched alkanes of at least 4 members (excludes halogenated alkanes) is 1. The van der Waals surface area contributed by atoms with Crippen LogP contribution >= 0.6 is 0 Å². The van der Waals surface area contributed by atoms with E-state index in [1.54, 1.807) is 0 Å². The number of rotatable bonds is 9. The van der Waals surface area contributed by atoms with Gasteiger partial charge in [-0.1, -0.05) is 25.1 Å². The molecule has 1 aromatic heterocycles. The predicted octanol–water partition coefficient (Wildman–Crippen LogP) is 3.57. The zero-order valence-electron chi connectivity index (χ0n) is 13.7. The second-order valence-electron chi connectivity index (χ2n) is 5.46. The molecular weight excluding hydrogens is 288 g/mol. The standard InChI is InChI=1S/C19H24N2O2/c1-2-16-23-18-11-5-4-10-17(18)20-19(22)12-6-9-15-21-13-7-3-8-14-21/h3-5,7-8,10-11,13-14H,2,6,9,12,15-16H2,1H3/p+1. The maximum Gasteiger partial charge on any atom is 0.224 e. The van der Waals surface area contributed by atoms with Crippen molar-refractivity contribution in [1.29, 1.82) is 0 Å². The van der Waals surface area contributed by atoms with E-state index >= 15 is 0 Å². The number of benzene rings is 1. The highest BCUT2D eigenvalue weighted by atomic mass is 16.5. The number of para-hydroxylation sites is 2. The molecule has 0 unspecified atom stereocenters. The summed E-state index contributed by atoms with van der Waals surface area (Å²) in [5.74, 6) is 0.776. The summed E-state index contributed by atoms with van der Waals surface area (Å²) in [7, 11) is 0. The second-order valence-corrected chi connectivity index (χ2v) is 5.46. The van der Waals surface area contributed by atoms with Gasteiger partial charge in [-0.25, -0.2) is 4.57 Å². The Morgan fingerprint density at radius 3 is 2.65 bits per heavy atom. The van der Waals surface area contributed by atoms with E-state index in [1.165, 1.54) is 0 Å². The van der Waals surface area contributed by atoms with Gasteiger partial charge in [0, 0.05) is 25.0 Å². The summed E-state index contributed by atoms with van der Waals surface area (Å²) in [6, 6.07) is 13.6. The Morgan fingerprint density at radius 1 is 1.09 bits per heavy atom. The number of hydrogen-bond donors (Lipinski definition) is 1. The number of aromatic nitrogens is 1. The topological polar surface area (TPSA) is 42.2 Å². The first-order chi connectivity index (χ1) is 11.3. The lowest BCUT2D eigenvalue weighted by Crippen LogP contribution is -2.32. The van der Waals surface area contributed by atoms with E-state index < -0.39 is 0 Å². The van der Waals surface area contributed by atoms with E-state index in [1.807, 2.05) is 54.9 Å². The molecule has 1 N–H and O–H groups in total. The molecule has 0 aliphatic carbocycles. The molecule has 0 saturated heterocycles. The van der Waals surface area contributed by atoms with Crippen molar-refractivity contribution in [3.63, 3.8) is 0 Å². The number of aryl methyl sites for hydroxylation is 1. The zero-order valence-corrected chi connectivity index (χ0v) is 13.7. The number of carbonyl (C=O) groups excluding carboxylic acids is 1. The van der Waals surface area contributed by atoms with Gasteiger partial charge in [0.25, 0.3) is 0 Å². The molecule has 0 radical (unpaired) electrons. The van der Waals surface area contributed by atoms with Crippen LogP contribution in [0.15, 0.2) is 54.9 Å². The molecule has 1 amide bonds. The van der Waals surface area contributed by atoms with Crippen LogP contribution in [0.4, 0.5) is 5.69 Å². The molecule has 23 heavy (non-hydrogen) atoms. The zero-order chi connectivity index (χ0) is 16.3. The van der Waals surface area contributed by atoms with Crippen molar-refractivity contribution >= 4 is 11.6 Å². The summed E-state index contributed by atoms with van der Waals surface area (Å²) in [5.41, 5.74) is 0.753. The average Bonchev–Trinajstić information content (AvgIpc) is 2.59. The number of anilines is 1. The van der Waals surface area contributed by atoms with E-state index in [-0.39, 0.29) is 5.91 Å². The minimum Gasteiger partial charge on any atom is -0.491 e. The maximum atomic E-state index is 12.1. The first kappa shape index (κ1) is 17.0. The summed E-state index contributed by atoms with van der Waals surface area (Å²) in [5, 5.41) is 2.95. The van der Waals surface area contributed by atoms with E-state index in [0.29, 0.717) is 13.0 Å². The largest absolute Gasteiger partial charge is 0.491 e. The number of pyridine rings is 1. The molecule has 4 heteroatoms. The first-order valence-electron chi connectivity index (χ1n) is 8.25. The Morgan fingerprint density at radius 2 is 1.87 bits per heavy atom. The van der Waals surface area contributed by atoms with Crippen LogP contribution in [-0.2, 0) is 11.3 Å². The van der Waals surface area contributed by atoms with Gasteiger partial charge < -0.3 is 10.1 Å². The third kappa shape index (κ3) is 6.10. The first-order valence-corrected chi connectivity index (χ1v) is 8.25. The summed E-state index contributed by atoms with van der Waals surface area (Å²) < 4.78 is 7.78. The number of ether oxygens (including phenoxy) is 1. The average molecular weight is 313 g/mol. The molecule has 2 rings (SSSR count). The van der Waals surface area contributed by atoms with E-state index in [4.69, 9.17) is 4.74 Å². The highest BCUT2D eigenvalue weighted by molar-refractivity contribution is 5.92. The van der Waals surface area contributed by atoms with E-state index in [0.717, 1.165) is 37.2 Å². The molecule has 4 nitrogen and oxygen atoms in total. The van der Waals surface area contributed by atoms with Crippen molar-refractivity contribution in [3.05, 3.63) is 54.9 Å². The number of hydrogen-bond acceptors (Lipinski definition) is 2. The monoisotopic (exact) mass is 313 g/mol. The van der Waals surface area contributed by atoms with Crippen molar-refractivity contribution in [2.45, 2.75) is 39.2 Å². The molecule has 0 fully saturated rings. The third-order valence-electron chi connectivity index (χ3n) is 3.47. The van der Waals surface area contributed by atoms with E-state index in [2.05, 4.69) is 16.8 Å². The van der Waals surface area contributed by atoms with Crippen LogP contribution in [0.2, 0.25) is 0 Å². The highest BCUT2D eigenvalue weighted by Crippen LogP contribution is 2.24. The lowest BCUT2D eigenvalue weighted by atomic mass is 10.2. The Hall–Kier alpha value is -2.36. The van der Waals surface area contributed by atoms with Gasteiger partial charge in [-0.15, -0.1) is 0 Å². The molecule has 0 aliphatic rings. The Balaban J connectivity index is 1.74. The summed E-state index contributed by atoms with van der Waals surface area (Å²) in [6.07, 6.45) is 7.40. The van der Waals surface area contributed by atoms with Gasteiger partial charge in [0.2, 0.25) is 5.91 Å². The Kier molecular flexibility index (Phi) is 7.11. The van der Waals surface area contributed by atoms with Gasteiger partial charge in [0.1, 0.15) is 12.3 Å². The molecule has 0 saturated carbocycles. The van der Waals surface area contributed by atoms with Crippen molar-refractivity contribution in [2.75, 3.05) is 11.9 Å². The number of nitrogens with one attached hydrogen (secondary N) is 1. The lowest BCUT2D eigenvalue weighted by molar-refractivity contribution is -0.697. The van der Waals surface area contributed by atoms with Crippen LogP contribution in [0.1, 0.15) is 32.6 Å². The fraction of sp³-hybridized carbons (Fsp3) is 0.368. The fourth-order valence-corrected chi connectivity index (χ4v) is 2.28. The van der Waals surface area contributed by atoms with Crippen LogP contribution in [0, 0.1) is 0 Å². The number of nitrogens with zero attached hydrogens (tertiary/aromatic N) is 1. The Bertz CT molecular complexity index is 599. The lowest BCUT2D eigenvalue weighted by Gasteiger charge is -2.11. The van der Waals surface area contributed by atoms with Crippen LogP contribution in [0.5, 0.6) is 5.75 Å². The van der Waals surface area contributed by atoms with Crippen LogP contribution in [0.3, 0.4) is 0 Å². The Labute approximate surface area is 138 Å². The maximum absolute atomic E-state index is 12.1. The molecule has 0 aliphatic heterocycles. The predicted molar refractivity (Wildman–Crippen MR) is 91.3 cm³/mol. The SMILES string of the molecule is CCCOc1ccccc1NC(=O)CCCC[n+]1ccccc1. The van der Waals surface area contributed by atoms with Gasteiger partial charge in [-0.3, -0.25) is 4.79 Å². The fourth-order valence-electron chi connectivity index (χ4n) is 2.28. The third-order valence-corrected chi connectivity index (χ3v) is 3.47. The quantitative estimate of drug-likeness (QED) is 0.568. The molecule has 0 bridgehead atoms. The molecule has 1 heterocycles. The molecular formula is C19H25N2O2+. The molecule has 0 atom stereocenters. The highest BCUT2D eigenvalue weighted by Gasteiger charge is 2.08. The van der Waals surface area contributed by atoms with Gasteiger partial charge in [0.15, 0.2) is 12.4 Å². The van der Waals surface area contributed by atoms with Gasteiger partial charge in [-0.05, 0) is 25.0 Å². The van der Waals surface area contributed by atoms with Gasteiger partial charge in [0.05, 0.1) is 12.3 Å². The number of carbonyl (C=O) groups is 1. The smallest absolute Gasteiger partial charge is 0.224 e. The van der Waals surface area contributed by atoms with E-state index in [9.17, 15) is 4.79 Å². The molecule has 2 aromatic rings. The summed E-state index contributed by atoms with van der Waals surface area (Å²) >= 11 is 0. The van der Waals surface area contributed by atoms with Crippen molar-refractivity contribution in [1.82, 2.24) is 0 Å². The minimum atomic E-state index is 0.0376. The van der Waals surface area contributed by atoms with Crippen molar-refractivity contribution in [2.24, 2.45) is 0 Å². The second kappa shape index (κ2) is 9.62. The summed E-state index contributed by atoms with van der Waals surface area (Å²) in [6.45, 7) is 3.65. The van der Waals surface area contributed by atoms with Gasteiger partial charge >= 0.3 is 0 Å². The van der Waals surface area contributed by atoms with Crippen molar-refractivity contribution < 1.29 is 14.1 Å². The van der Waals surface area contributed by atoms with Crippen molar-refractivity contribution in [3.8, 4) is 5.75 Å². The van der Waals surface area contributed by atoms with Gasteiger partial charge in [-0.2, -0.15) is 0 Å². The molecule has 122 valence electrons. The van der Waals surface area contributed by atoms with Crippen LogP contribution in [-0.4, -0.2) is 12.5 Å². The van der Waals surface area contributed by atoms with Crippen LogP contribution < -0.4 is 14.6 Å². The van der Waals surface area contributed by atoms with Crippen LogP contribution in [0.25, 0.3) is 0 Å². The molecule has 0 spiro atoms.